The lowest BCUT2D eigenvalue weighted by Gasteiger charge is -2.21. The van der Waals surface area contributed by atoms with Gasteiger partial charge >= 0.3 is 0 Å². The number of carbonyl (C=O) groups excluding carboxylic acids is 1. The van der Waals surface area contributed by atoms with E-state index in [0.717, 1.165) is 12.8 Å². The summed E-state index contributed by atoms with van der Waals surface area (Å²) in [6.45, 7) is 4.00. The van der Waals surface area contributed by atoms with Crippen molar-refractivity contribution < 1.29 is 9.18 Å². The van der Waals surface area contributed by atoms with Crippen molar-refractivity contribution in [2.75, 3.05) is 11.4 Å². The molecule has 126 valence electrons. The van der Waals surface area contributed by atoms with Crippen molar-refractivity contribution in [2.45, 2.75) is 26.7 Å². The number of aromatic amines is 1. The first-order chi connectivity index (χ1) is 11.5. The van der Waals surface area contributed by atoms with E-state index in [4.69, 9.17) is 11.6 Å². The number of nitrogens with zero attached hydrogens (tertiary/aromatic N) is 4. The van der Waals surface area contributed by atoms with Crippen LogP contribution in [0.3, 0.4) is 0 Å². The highest BCUT2D eigenvalue weighted by atomic mass is 35.5. The summed E-state index contributed by atoms with van der Waals surface area (Å²) in [5, 5.41) is 3.15. The molecule has 0 aliphatic rings. The summed E-state index contributed by atoms with van der Waals surface area (Å²) < 4.78 is 16.0. The van der Waals surface area contributed by atoms with Gasteiger partial charge in [0.1, 0.15) is 17.8 Å². The Kier molecular flexibility index (Phi) is 4.53. The monoisotopic (exact) mass is 349 g/mol. The summed E-state index contributed by atoms with van der Waals surface area (Å²) in [6, 6.07) is 4.44. The molecule has 3 aromatic rings. The van der Waals surface area contributed by atoms with Crippen molar-refractivity contribution in [1.29, 1.82) is 0 Å². The van der Waals surface area contributed by atoms with Crippen LogP contribution in [0.4, 0.5) is 10.2 Å². The van der Waals surface area contributed by atoms with Gasteiger partial charge in [-0.1, -0.05) is 31.0 Å². The van der Waals surface area contributed by atoms with E-state index >= 15 is 0 Å². The van der Waals surface area contributed by atoms with Gasteiger partial charge in [0.05, 0.1) is 10.6 Å². The number of nitrogens with one attached hydrogen (secondary N) is 1. The van der Waals surface area contributed by atoms with Crippen molar-refractivity contribution in [3.8, 4) is 11.3 Å². The van der Waals surface area contributed by atoms with Gasteiger partial charge in [0.2, 0.25) is 5.91 Å². The number of carbonyl (C=O) groups is 1. The van der Waals surface area contributed by atoms with Crippen LogP contribution in [0.25, 0.3) is 17.0 Å². The van der Waals surface area contributed by atoms with Crippen LogP contribution in [0.15, 0.2) is 24.5 Å². The van der Waals surface area contributed by atoms with Crippen molar-refractivity contribution >= 4 is 29.1 Å². The van der Waals surface area contributed by atoms with E-state index in [-0.39, 0.29) is 16.5 Å². The fraction of sp³-hybridized carbons (Fsp3) is 0.312. The Bertz CT molecular complexity index is 868. The second kappa shape index (κ2) is 6.60. The number of imidazole rings is 1. The average molecular weight is 350 g/mol. The van der Waals surface area contributed by atoms with Gasteiger partial charge in [0.25, 0.3) is 5.78 Å². The number of benzene rings is 1. The fourth-order valence-electron chi connectivity index (χ4n) is 2.62. The van der Waals surface area contributed by atoms with Gasteiger partial charge in [-0.2, -0.15) is 0 Å². The molecule has 6 nitrogen and oxygen atoms in total. The first-order valence-corrected chi connectivity index (χ1v) is 8.06. The molecule has 8 heteroatoms. The molecule has 1 N–H and O–H groups in total. The molecule has 0 saturated heterocycles. The molecule has 2 heterocycles. The first kappa shape index (κ1) is 16.4. The van der Waals surface area contributed by atoms with E-state index in [1.54, 1.807) is 15.5 Å². The number of aromatic nitrogens is 4. The van der Waals surface area contributed by atoms with Gasteiger partial charge < -0.3 is 0 Å². The summed E-state index contributed by atoms with van der Waals surface area (Å²) in [5.74, 6) is 0.134. The lowest BCUT2D eigenvalue weighted by molar-refractivity contribution is -0.116. The van der Waals surface area contributed by atoms with Crippen molar-refractivity contribution in [3.05, 3.63) is 35.4 Å². The van der Waals surface area contributed by atoms with Crippen LogP contribution in [0.2, 0.25) is 5.02 Å². The Balaban J connectivity index is 2.25. The van der Waals surface area contributed by atoms with E-state index in [1.807, 2.05) is 6.92 Å². The lowest BCUT2D eigenvalue weighted by Crippen LogP contribution is -2.31. The topological polar surface area (TPSA) is 66.3 Å². The number of anilines is 1. The number of hydrogen-bond donors (Lipinski definition) is 1. The normalized spacial score (nSPS) is 11.2. The third-order valence-electron chi connectivity index (χ3n) is 3.77. The predicted molar refractivity (Wildman–Crippen MR) is 90.7 cm³/mol. The number of rotatable bonds is 5. The van der Waals surface area contributed by atoms with Crippen molar-refractivity contribution in [1.82, 2.24) is 19.6 Å². The van der Waals surface area contributed by atoms with E-state index in [2.05, 4.69) is 15.1 Å². The minimum absolute atomic E-state index is 0.159. The molecule has 0 aliphatic carbocycles. The molecular formula is C16H17ClFN5O. The van der Waals surface area contributed by atoms with Crippen LogP contribution in [0.5, 0.6) is 0 Å². The Morgan fingerprint density at radius 1 is 1.46 bits per heavy atom. The molecule has 0 aliphatic heterocycles. The standard InChI is InChI=1S/C16H17ClFN5O/c1-3-4-8-22(10(2)24)15-14(21-16-19-9-20-23(15)16)13-11(17)6-5-7-12(13)18/h5-7,9H,3-4,8H2,1-2H3,(H,19,20,21). The zero-order chi connectivity index (χ0) is 17.3. The van der Waals surface area contributed by atoms with Gasteiger partial charge in [0.15, 0.2) is 5.82 Å². The molecule has 1 aromatic carbocycles. The molecule has 0 saturated carbocycles. The van der Waals surface area contributed by atoms with Crippen LogP contribution in [-0.2, 0) is 4.79 Å². The predicted octanol–water partition coefficient (Wildman–Crippen LogP) is 3.67. The molecule has 0 radical (unpaired) electrons. The number of hydrogen-bond acceptors (Lipinski definition) is 3. The molecule has 1 amide bonds. The Hall–Kier alpha value is -2.41. The number of unbranched alkanes of at least 4 members (excludes halogenated alkanes) is 1. The van der Waals surface area contributed by atoms with Gasteiger partial charge in [-0.25, -0.2) is 18.9 Å². The summed E-state index contributed by atoms with van der Waals surface area (Å²) in [6.07, 6.45) is 3.20. The summed E-state index contributed by atoms with van der Waals surface area (Å²) >= 11 is 6.20. The van der Waals surface area contributed by atoms with Gasteiger partial charge in [-0.3, -0.25) is 14.8 Å². The summed E-state index contributed by atoms with van der Waals surface area (Å²) in [4.78, 5) is 22.2. The van der Waals surface area contributed by atoms with E-state index in [9.17, 15) is 9.18 Å². The van der Waals surface area contributed by atoms with Crippen LogP contribution < -0.4 is 4.90 Å². The van der Waals surface area contributed by atoms with Gasteiger partial charge in [-0.05, 0) is 18.6 Å². The Labute approximate surface area is 143 Å². The zero-order valence-corrected chi connectivity index (χ0v) is 14.1. The average Bonchev–Trinajstić information content (AvgIpc) is 3.09. The first-order valence-electron chi connectivity index (χ1n) is 7.69. The molecule has 24 heavy (non-hydrogen) atoms. The summed E-state index contributed by atoms with van der Waals surface area (Å²) in [7, 11) is 0. The van der Waals surface area contributed by atoms with Crippen LogP contribution in [0.1, 0.15) is 26.7 Å². The Morgan fingerprint density at radius 3 is 2.92 bits per heavy atom. The quantitative estimate of drug-likeness (QED) is 0.764. The maximum absolute atomic E-state index is 14.4. The molecule has 2 aromatic heterocycles. The number of amides is 1. The summed E-state index contributed by atoms with van der Waals surface area (Å²) in [5.41, 5.74) is 0.458. The van der Waals surface area contributed by atoms with Crippen molar-refractivity contribution in [2.24, 2.45) is 0 Å². The molecule has 0 bridgehead atoms. The molecule has 0 fully saturated rings. The van der Waals surface area contributed by atoms with Gasteiger partial charge in [0, 0.05) is 13.5 Å². The molecule has 0 spiro atoms. The number of H-pyrrole nitrogens is 1. The minimum Gasteiger partial charge on any atom is -0.295 e. The van der Waals surface area contributed by atoms with Crippen LogP contribution >= 0.6 is 11.6 Å². The lowest BCUT2D eigenvalue weighted by atomic mass is 10.1. The fourth-order valence-corrected chi connectivity index (χ4v) is 2.87. The minimum atomic E-state index is -0.497. The molecule has 0 atom stereocenters. The van der Waals surface area contributed by atoms with E-state index in [0.29, 0.717) is 23.8 Å². The highest BCUT2D eigenvalue weighted by Crippen LogP contribution is 2.37. The van der Waals surface area contributed by atoms with Crippen LogP contribution in [0, 0.1) is 5.82 Å². The third-order valence-corrected chi connectivity index (χ3v) is 4.09. The highest BCUT2D eigenvalue weighted by molar-refractivity contribution is 6.33. The number of halogens is 2. The number of fused-ring (bicyclic) bond motifs is 1. The van der Waals surface area contributed by atoms with Gasteiger partial charge in [-0.15, -0.1) is 0 Å². The zero-order valence-electron chi connectivity index (χ0n) is 13.4. The van der Waals surface area contributed by atoms with Crippen molar-refractivity contribution in [3.63, 3.8) is 0 Å². The molecular weight excluding hydrogens is 333 g/mol. The maximum Gasteiger partial charge on any atom is 0.252 e. The highest BCUT2D eigenvalue weighted by Gasteiger charge is 2.26. The largest absolute Gasteiger partial charge is 0.295 e. The smallest absolute Gasteiger partial charge is 0.252 e. The Morgan fingerprint density at radius 2 is 2.25 bits per heavy atom. The second-order valence-electron chi connectivity index (χ2n) is 5.43. The SMILES string of the molecule is CCCCN(C(C)=O)c1c(-c2c(F)cccc2Cl)nc2nc[nH]n12. The van der Waals surface area contributed by atoms with E-state index < -0.39 is 5.82 Å². The molecule has 3 rings (SSSR count). The molecule has 0 unspecified atom stereocenters. The van der Waals surface area contributed by atoms with E-state index in [1.165, 1.54) is 25.4 Å². The van der Waals surface area contributed by atoms with Crippen LogP contribution in [-0.4, -0.2) is 32.0 Å². The third kappa shape index (κ3) is 2.75. The maximum atomic E-state index is 14.4. The second-order valence-corrected chi connectivity index (χ2v) is 5.83.